The standard InChI is InChI=1S/C15H26N4OS/c1-10(15-11(2)21-12(3)18-15)17-13-5-7-19(8-6-13)9-14(20)16-4/h10,13,17H,5-9H2,1-4H3,(H,16,20). The highest BCUT2D eigenvalue weighted by atomic mass is 32.1. The lowest BCUT2D eigenvalue weighted by Gasteiger charge is -2.33. The number of likely N-dealkylation sites (N-methyl/N-ethyl adjacent to an activating group) is 1. The highest BCUT2D eigenvalue weighted by molar-refractivity contribution is 7.11. The quantitative estimate of drug-likeness (QED) is 0.868. The number of amides is 1. The second kappa shape index (κ2) is 7.33. The number of carbonyl (C=O) groups is 1. The predicted molar refractivity (Wildman–Crippen MR) is 86.7 cm³/mol. The third-order valence-corrected chi connectivity index (χ3v) is 4.97. The predicted octanol–water partition coefficient (Wildman–Crippen LogP) is 1.62. The van der Waals surface area contributed by atoms with Crippen LogP contribution in [0.25, 0.3) is 0 Å². The molecule has 2 rings (SSSR count). The number of likely N-dealkylation sites (tertiary alicyclic amines) is 1. The summed E-state index contributed by atoms with van der Waals surface area (Å²) in [5.74, 6) is 0.100. The summed E-state index contributed by atoms with van der Waals surface area (Å²) in [6.45, 7) is 8.87. The molecule has 1 aliphatic rings. The number of hydrogen-bond acceptors (Lipinski definition) is 5. The number of carbonyl (C=O) groups excluding carboxylic acids is 1. The Labute approximate surface area is 131 Å². The van der Waals surface area contributed by atoms with Crippen molar-refractivity contribution in [1.29, 1.82) is 0 Å². The smallest absolute Gasteiger partial charge is 0.233 e. The van der Waals surface area contributed by atoms with Gasteiger partial charge in [0.15, 0.2) is 0 Å². The molecule has 6 heteroatoms. The highest BCUT2D eigenvalue weighted by Crippen LogP contribution is 2.24. The van der Waals surface area contributed by atoms with Gasteiger partial charge in [-0.1, -0.05) is 0 Å². The number of piperidine rings is 1. The van der Waals surface area contributed by atoms with Gasteiger partial charge in [-0.15, -0.1) is 11.3 Å². The maximum Gasteiger partial charge on any atom is 0.233 e. The first-order valence-electron chi connectivity index (χ1n) is 7.62. The van der Waals surface area contributed by atoms with Crippen molar-refractivity contribution in [1.82, 2.24) is 20.5 Å². The third-order valence-electron chi connectivity index (χ3n) is 4.07. The fraction of sp³-hybridized carbons (Fsp3) is 0.733. The van der Waals surface area contributed by atoms with Gasteiger partial charge < -0.3 is 10.6 Å². The van der Waals surface area contributed by atoms with Crippen molar-refractivity contribution in [2.75, 3.05) is 26.7 Å². The molecule has 118 valence electrons. The van der Waals surface area contributed by atoms with E-state index in [2.05, 4.69) is 41.3 Å². The zero-order valence-corrected chi connectivity index (χ0v) is 14.2. The summed E-state index contributed by atoms with van der Waals surface area (Å²) in [6.07, 6.45) is 2.17. The summed E-state index contributed by atoms with van der Waals surface area (Å²) in [7, 11) is 1.69. The molecule has 0 spiro atoms. The van der Waals surface area contributed by atoms with Gasteiger partial charge in [0, 0.05) is 37.1 Å². The Balaban J connectivity index is 1.80. The normalized spacial score (nSPS) is 18.7. The lowest BCUT2D eigenvalue weighted by Crippen LogP contribution is -2.46. The van der Waals surface area contributed by atoms with Crippen LogP contribution in [0.1, 0.15) is 41.4 Å². The number of rotatable bonds is 5. The van der Waals surface area contributed by atoms with Crippen molar-refractivity contribution in [2.24, 2.45) is 0 Å². The molecule has 0 saturated carbocycles. The Morgan fingerprint density at radius 3 is 2.62 bits per heavy atom. The maximum atomic E-state index is 11.4. The van der Waals surface area contributed by atoms with Crippen molar-refractivity contribution in [3.8, 4) is 0 Å². The van der Waals surface area contributed by atoms with E-state index in [0.717, 1.165) is 30.9 Å². The van der Waals surface area contributed by atoms with E-state index in [1.165, 1.54) is 10.6 Å². The van der Waals surface area contributed by atoms with Crippen molar-refractivity contribution >= 4 is 17.2 Å². The number of nitrogens with one attached hydrogen (secondary N) is 2. The van der Waals surface area contributed by atoms with E-state index in [-0.39, 0.29) is 5.91 Å². The molecule has 1 amide bonds. The third kappa shape index (κ3) is 4.49. The van der Waals surface area contributed by atoms with Crippen LogP contribution in [0.4, 0.5) is 0 Å². The minimum atomic E-state index is 0.100. The van der Waals surface area contributed by atoms with E-state index in [9.17, 15) is 4.79 Å². The first kappa shape index (κ1) is 16.4. The number of aryl methyl sites for hydroxylation is 2. The van der Waals surface area contributed by atoms with Crippen LogP contribution in [0.3, 0.4) is 0 Å². The van der Waals surface area contributed by atoms with Crippen molar-refractivity contribution in [3.63, 3.8) is 0 Å². The largest absolute Gasteiger partial charge is 0.358 e. The topological polar surface area (TPSA) is 57.3 Å². The van der Waals surface area contributed by atoms with E-state index in [0.29, 0.717) is 18.6 Å². The number of hydrogen-bond donors (Lipinski definition) is 2. The molecule has 1 saturated heterocycles. The zero-order chi connectivity index (χ0) is 15.4. The minimum absolute atomic E-state index is 0.100. The average molecular weight is 310 g/mol. The monoisotopic (exact) mass is 310 g/mol. The Hall–Kier alpha value is -0.980. The summed E-state index contributed by atoms with van der Waals surface area (Å²) in [4.78, 5) is 19.6. The van der Waals surface area contributed by atoms with E-state index >= 15 is 0 Å². The second-order valence-electron chi connectivity index (χ2n) is 5.79. The Kier molecular flexibility index (Phi) is 5.72. The van der Waals surface area contributed by atoms with Gasteiger partial charge in [-0.2, -0.15) is 0 Å². The van der Waals surface area contributed by atoms with E-state index < -0.39 is 0 Å². The van der Waals surface area contributed by atoms with Crippen LogP contribution in [0.5, 0.6) is 0 Å². The highest BCUT2D eigenvalue weighted by Gasteiger charge is 2.23. The van der Waals surface area contributed by atoms with Crippen molar-refractivity contribution in [2.45, 2.75) is 45.7 Å². The lowest BCUT2D eigenvalue weighted by atomic mass is 10.0. The van der Waals surface area contributed by atoms with Crippen LogP contribution in [-0.4, -0.2) is 48.5 Å². The number of aromatic nitrogens is 1. The summed E-state index contributed by atoms with van der Waals surface area (Å²) in [5.41, 5.74) is 1.19. The van der Waals surface area contributed by atoms with Crippen LogP contribution >= 0.6 is 11.3 Å². The van der Waals surface area contributed by atoms with E-state index in [4.69, 9.17) is 0 Å². The van der Waals surface area contributed by atoms with Crippen LogP contribution in [0, 0.1) is 13.8 Å². The Morgan fingerprint density at radius 1 is 1.43 bits per heavy atom. The molecule has 2 N–H and O–H groups in total. The van der Waals surface area contributed by atoms with Crippen LogP contribution in [0.15, 0.2) is 0 Å². The van der Waals surface area contributed by atoms with E-state index in [1.807, 2.05) is 0 Å². The molecule has 0 bridgehead atoms. The molecule has 1 aromatic rings. The minimum Gasteiger partial charge on any atom is -0.358 e. The molecule has 0 aliphatic carbocycles. The first-order chi connectivity index (χ1) is 9.99. The molecule has 0 aromatic carbocycles. The Bertz CT molecular complexity index is 480. The van der Waals surface area contributed by atoms with Gasteiger partial charge in [-0.05, 0) is 33.6 Å². The fourth-order valence-electron chi connectivity index (χ4n) is 2.92. The molecule has 1 fully saturated rings. The van der Waals surface area contributed by atoms with Crippen LogP contribution < -0.4 is 10.6 Å². The molecular formula is C15H26N4OS. The van der Waals surface area contributed by atoms with E-state index in [1.54, 1.807) is 18.4 Å². The van der Waals surface area contributed by atoms with Crippen LogP contribution in [-0.2, 0) is 4.79 Å². The molecule has 1 aromatic heterocycles. The summed E-state index contributed by atoms with van der Waals surface area (Å²) in [6, 6.07) is 0.813. The Morgan fingerprint density at radius 2 is 2.10 bits per heavy atom. The molecular weight excluding hydrogens is 284 g/mol. The van der Waals surface area contributed by atoms with Gasteiger partial charge >= 0.3 is 0 Å². The summed E-state index contributed by atoms with van der Waals surface area (Å²) < 4.78 is 0. The summed E-state index contributed by atoms with van der Waals surface area (Å²) >= 11 is 1.77. The fourth-order valence-corrected chi connectivity index (χ4v) is 3.83. The molecule has 1 aliphatic heterocycles. The van der Waals surface area contributed by atoms with Crippen molar-refractivity contribution in [3.05, 3.63) is 15.6 Å². The van der Waals surface area contributed by atoms with Crippen LogP contribution in [0.2, 0.25) is 0 Å². The van der Waals surface area contributed by atoms with Gasteiger partial charge in [-0.25, -0.2) is 4.98 Å². The molecule has 2 heterocycles. The van der Waals surface area contributed by atoms with Crippen molar-refractivity contribution < 1.29 is 4.79 Å². The van der Waals surface area contributed by atoms with Gasteiger partial charge in [0.1, 0.15) is 0 Å². The first-order valence-corrected chi connectivity index (χ1v) is 8.44. The molecule has 0 radical (unpaired) electrons. The molecule has 1 atom stereocenters. The number of nitrogens with zero attached hydrogens (tertiary/aromatic N) is 2. The van der Waals surface area contributed by atoms with Gasteiger partial charge in [-0.3, -0.25) is 9.69 Å². The summed E-state index contributed by atoms with van der Waals surface area (Å²) in [5, 5.41) is 7.51. The van der Waals surface area contributed by atoms with Gasteiger partial charge in [0.25, 0.3) is 0 Å². The molecule has 5 nitrogen and oxygen atoms in total. The molecule has 1 unspecified atom stereocenters. The lowest BCUT2D eigenvalue weighted by molar-refractivity contribution is -0.122. The zero-order valence-electron chi connectivity index (χ0n) is 13.4. The second-order valence-corrected chi connectivity index (χ2v) is 7.19. The maximum absolute atomic E-state index is 11.4. The number of thiazole rings is 1. The van der Waals surface area contributed by atoms with Gasteiger partial charge in [0.05, 0.1) is 17.2 Å². The van der Waals surface area contributed by atoms with Gasteiger partial charge in [0.2, 0.25) is 5.91 Å². The average Bonchev–Trinajstić information content (AvgIpc) is 2.80. The molecule has 21 heavy (non-hydrogen) atoms. The SMILES string of the molecule is CNC(=O)CN1CCC(NC(C)c2nc(C)sc2C)CC1.